The second-order valence-corrected chi connectivity index (χ2v) is 7.93. The average molecular weight is 422 g/mol. The van der Waals surface area contributed by atoms with Gasteiger partial charge in [0, 0.05) is 0 Å². The van der Waals surface area contributed by atoms with Crippen LogP contribution in [0.2, 0.25) is 0 Å². The Morgan fingerprint density at radius 2 is 1.55 bits per heavy atom. The molecule has 158 valence electrons. The molecule has 2 rings (SSSR count). The predicted octanol–water partition coefficient (Wildman–Crippen LogP) is 2.70. The normalized spacial score (nSPS) is 12.4. The average Bonchev–Trinajstić information content (AvgIpc) is 2.72. The third kappa shape index (κ3) is 9.67. The number of ether oxygens (including phenoxy) is 3. The highest BCUT2D eigenvalue weighted by molar-refractivity contribution is 7.85. The maximum absolute atomic E-state index is 12.2. The van der Waals surface area contributed by atoms with Crippen molar-refractivity contribution in [1.29, 1.82) is 0 Å². The van der Waals surface area contributed by atoms with Crippen LogP contribution < -0.4 is 0 Å². The van der Waals surface area contributed by atoms with Gasteiger partial charge in [-0.05, 0) is 11.1 Å². The number of carbonyl (C=O) groups excluding carboxylic acids is 1. The van der Waals surface area contributed by atoms with Gasteiger partial charge in [-0.25, -0.2) is 0 Å². The zero-order valence-corrected chi connectivity index (χ0v) is 17.2. The van der Waals surface area contributed by atoms with Crippen LogP contribution in [0.15, 0.2) is 60.7 Å². The monoisotopic (exact) mass is 422 g/mol. The number of benzene rings is 2. The Hall–Kier alpha value is -2.26. The van der Waals surface area contributed by atoms with E-state index in [1.54, 1.807) is 24.3 Å². The Labute approximate surface area is 171 Å². The first kappa shape index (κ1) is 23.0. The van der Waals surface area contributed by atoms with Gasteiger partial charge in [-0.3, -0.25) is 8.98 Å². The first-order chi connectivity index (χ1) is 14.0. The van der Waals surface area contributed by atoms with Crippen LogP contribution in [-0.2, 0) is 45.7 Å². The van der Waals surface area contributed by atoms with E-state index >= 15 is 0 Å². The van der Waals surface area contributed by atoms with Gasteiger partial charge in [0.1, 0.15) is 11.9 Å². The van der Waals surface area contributed by atoms with Crippen LogP contribution in [0.3, 0.4) is 0 Å². The number of esters is 1. The van der Waals surface area contributed by atoms with Crippen molar-refractivity contribution in [3.8, 4) is 0 Å². The minimum Gasteiger partial charge on any atom is -0.469 e. The third-order valence-electron chi connectivity index (χ3n) is 3.92. The fourth-order valence-corrected chi connectivity index (χ4v) is 3.48. The molecule has 0 heterocycles. The van der Waals surface area contributed by atoms with Crippen LogP contribution in [-0.4, -0.2) is 47.4 Å². The number of hydrogen-bond donors (Lipinski definition) is 0. The maximum Gasteiger partial charge on any atom is 0.307 e. The summed E-state index contributed by atoms with van der Waals surface area (Å²) >= 11 is 0. The summed E-state index contributed by atoms with van der Waals surface area (Å²) in [6.07, 6.45) is -0.587. The van der Waals surface area contributed by atoms with E-state index in [0.717, 1.165) is 5.56 Å². The van der Waals surface area contributed by atoms with E-state index in [9.17, 15) is 13.2 Å². The van der Waals surface area contributed by atoms with Crippen LogP contribution >= 0.6 is 0 Å². The highest BCUT2D eigenvalue weighted by Crippen LogP contribution is 2.10. The van der Waals surface area contributed by atoms with E-state index in [-0.39, 0.29) is 32.0 Å². The Morgan fingerprint density at radius 3 is 2.17 bits per heavy atom. The molecule has 2 aromatic rings. The molecule has 0 aliphatic carbocycles. The summed E-state index contributed by atoms with van der Waals surface area (Å²) in [5.41, 5.74) is 1.62. The molecule has 2 aromatic carbocycles. The van der Waals surface area contributed by atoms with Gasteiger partial charge in [0.05, 0.1) is 40.0 Å². The lowest BCUT2D eigenvalue weighted by atomic mass is 10.2. The van der Waals surface area contributed by atoms with Crippen molar-refractivity contribution in [2.24, 2.45) is 0 Å². The first-order valence-electron chi connectivity index (χ1n) is 9.19. The van der Waals surface area contributed by atoms with Crippen molar-refractivity contribution in [3.05, 3.63) is 71.8 Å². The van der Waals surface area contributed by atoms with E-state index in [1.807, 2.05) is 36.4 Å². The molecule has 29 heavy (non-hydrogen) atoms. The minimum absolute atomic E-state index is 0.0580. The molecule has 0 bridgehead atoms. The molecule has 0 saturated carbocycles. The lowest BCUT2D eigenvalue weighted by molar-refractivity contribution is -0.143. The van der Waals surface area contributed by atoms with E-state index in [0.29, 0.717) is 12.2 Å². The second kappa shape index (κ2) is 12.3. The van der Waals surface area contributed by atoms with Gasteiger partial charge in [-0.15, -0.1) is 0 Å². The topological polar surface area (TPSA) is 88.1 Å². The molecular formula is C21H26O7S. The van der Waals surface area contributed by atoms with Gasteiger partial charge in [0.15, 0.2) is 0 Å². The molecule has 0 fully saturated rings. The molecule has 0 aromatic heterocycles. The van der Waals surface area contributed by atoms with Crippen molar-refractivity contribution in [2.75, 3.05) is 26.9 Å². The van der Waals surface area contributed by atoms with Crippen LogP contribution in [0.5, 0.6) is 0 Å². The maximum atomic E-state index is 12.2. The zero-order valence-electron chi connectivity index (χ0n) is 16.4. The molecule has 7 nitrogen and oxygen atoms in total. The molecule has 0 radical (unpaired) electrons. The molecule has 0 N–H and O–H groups in total. The van der Waals surface area contributed by atoms with E-state index < -0.39 is 22.2 Å². The lowest BCUT2D eigenvalue weighted by Gasteiger charge is -2.18. The molecule has 0 aliphatic rings. The summed E-state index contributed by atoms with van der Waals surface area (Å²) in [5, 5.41) is 0. The van der Waals surface area contributed by atoms with Gasteiger partial charge < -0.3 is 14.2 Å². The van der Waals surface area contributed by atoms with Crippen LogP contribution in [0.4, 0.5) is 0 Å². The summed E-state index contributed by atoms with van der Waals surface area (Å²) in [6.45, 7) is 0.352. The van der Waals surface area contributed by atoms with E-state index in [2.05, 4.69) is 4.74 Å². The Bertz CT molecular complexity index is 823. The summed E-state index contributed by atoms with van der Waals surface area (Å²) < 4.78 is 45.4. The molecule has 0 saturated heterocycles. The summed E-state index contributed by atoms with van der Waals surface area (Å²) in [5.74, 6) is -0.639. The van der Waals surface area contributed by atoms with Gasteiger partial charge >= 0.3 is 5.97 Å². The van der Waals surface area contributed by atoms with Gasteiger partial charge in [-0.1, -0.05) is 60.7 Å². The number of hydrogen-bond acceptors (Lipinski definition) is 7. The van der Waals surface area contributed by atoms with Crippen molar-refractivity contribution in [3.63, 3.8) is 0 Å². The molecule has 8 heteroatoms. The standard InChI is InChI=1S/C21H26O7S/c1-25-21(22)12-13-27-20(15-26-14-18-8-4-2-5-9-18)16-28-29(23,24)17-19-10-6-3-7-11-19/h2-11,20H,12-17H2,1H3/t20-/m1/s1. The summed E-state index contributed by atoms with van der Waals surface area (Å²) in [7, 11) is -2.49. The fraction of sp³-hybridized carbons (Fsp3) is 0.381. The number of rotatable bonds is 13. The Balaban J connectivity index is 1.86. The molecule has 0 spiro atoms. The molecule has 1 atom stereocenters. The minimum atomic E-state index is -3.78. The zero-order chi connectivity index (χ0) is 21.0. The fourth-order valence-electron chi connectivity index (χ4n) is 2.44. The van der Waals surface area contributed by atoms with Crippen molar-refractivity contribution >= 4 is 16.1 Å². The van der Waals surface area contributed by atoms with E-state index in [4.69, 9.17) is 13.7 Å². The van der Waals surface area contributed by atoms with Crippen molar-refractivity contribution < 1.29 is 31.6 Å². The van der Waals surface area contributed by atoms with E-state index in [1.165, 1.54) is 7.11 Å². The van der Waals surface area contributed by atoms with Crippen LogP contribution in [0.25, 0.3) is 0 Å². The van der Waals surface area contributed by atoms with Crippen molar-refractivity contribution in [1.82, 2.24) is 0 Å². The third-order valence-corrected chi connectivity index (χ3v) is 5.10. The molecule has 0 amide bonds. The molecule has 0 aliphatic heterocycles. The quantitative estimate of drug-likeness (QED) is 0.362. The first-order valence-corrected chi connectivity index (χ1v) is 10.8. The number of carbonyl (C=O) groups is 1. The smallest absolute Gasteiger partial charge is 0.307 e. The molecular weight excluding hydrogens is 396 g/mol. The molecule has 0 unspecified atom stereocenters. The van der Waals surface area contributed by atoms with Gasteiger partial charge in [0.25, 0.3) is 10.1 Å². The van der Waals surface area contributed by atoms with Gasteiger partial charge in [0.2, 0.25) is 0 Å². The lowest BCUT2D eigenvalue weighted by Crippen LogP contribution is -2.28. The largest absolute Gasteiger partial charge is 0.469 e. The van der Waals surface area contributed by atoms with Crippen molar-refractivity contribution in [2.45, 2.75) is 24.9 Å². The highest BCUT2D eigenvalue weighted by Gasteiger charge is 2.18. The Morgan fingerprint density at radius 1 is 0.931 bits per heavy atom. The number of methoxy groups -OCH3 is 1. The summed E-state index contributed by atoms with van der Waals surface area (Å²) in [4.78, 5) is 11.3. The highest BCUT2D eigenvalue weighted by atomic mass is 32.2. The SMILES string of the molecule is COC(=O)CCO[C@H](COCc1ccccc1)COS(=O)(=O)Cc1ccccc1. The second-order valence-electron chi connectivity index (χ2n) is 6.29. The Kier molecular flexibility index (Phi) is 9.79. The predicted molar refractivity (Wildman–Crippen MR) is 107 cm³/mol. The van der Waals surface area contributed by atoms with Crippen LogP contribution in [0, 0.1) is 0 Å². The summed E-state index contributed by atoms with van der Waals surface area (Å²) in [6, 6.07) is 18.3. The van der Waals surface area contributed by atoms with Gasteiger partial charge in [-0.2, -0.15) is 8.42 Å². The van der Waals surface area contributed by atoms with Crippen LogP contribution in [0.1, 0.15) is 17.5 Å².